The Morgan fingerprint density at radius 3 is 2.50 bits per heavy atom. The van der Waals surface area contributed by atoms with Crippen LogP contribution in [0.2, 0.25) is 0 Å². The summed E-state index contributed by atoms with van der Waals surface area (Å²) < 4.78 is 5.81. The van der Waals surface area contributed by atoms with Crippen molar-refractivity contribution in [1.29, 1.82) is 0 Å². The van der Waals surface area contributed by atoms with Crippen molar-refractivity contribution in [3.63, 3.8) is 0 Å². The van der Waals surface area contributed by atoms with Crippen molar-refractivity contribution in [1.82, 2.24) is 4.98 Å². The van der Waals surface area contributed by atoms with Crippen LogP contribution < -0.4 is 5.56 Å². The Balaban J connectivity index is 1.60. The number of hydrogen-bond acceptors (Lipinski definition) is 4. The average molecular weight is 344 g/mol. The summed E-state index contributed by atoms with van der Waals surface area (Å²) in [5.74, 6) is 1.31. The van der Waals surface area contributed by atoms with E-state index < -0.39 is 0 Å². The number of hydrogen-bond donors (Lipinski definition) is 2. The molecule has 2 aromatic heterocycles. The van der Waals surface area contributed by atoms with Gasteiger partial charge in [0, 0.05) is 22.6 Å². The van der Waals surface area contributed by atoms with Crippen molar-refractivity contribution in [2.45, 2.75) is 6.54 Å². The molecule has 4 rings (SSSR count). The number of benzene rings is 2. The minimum Gasteiger partial charge on any atom is -0.494 e. The second-order valence-electron chi connectivity index (χ2n) is 5.86. The number of furan rings is 1. The lowest BCUT2D eigenvalue weighted by Crippen LogP contribution is -2.07. The number of aromatic hydroxyl groups is 1. The predicted molar refractivity (Wildman–Crippen MR) is 102 cm³/mol. The van der Waals surface area contributed by atoms with Gasteiger partial charge >= 0.3 is 0 Å². The van der Waals surface area contributed by atoms with Crippen LogP contribution in [0.3, 0.4) is 0 Å². The van der Waals surface area contributed by atoms with Crippen LogP contribution >= 0.6 is 0 Å². The maximum Gasteiger partial charge on any atom is 0.258 e. The van der Waals surface area contributed by atoms with Crippen LogP contribution in [0.4, 0.5) is 0 Å². The molecule has 0 aliphatic heterocycles. The Hall–Kier alpha value is -3.60. The van der Waals surface area contributed by atoms with E-state index in [1.807, 2.05) is 48.5 Å². The molecule has 128 valence electrons. The molecular weight excluding hydrogens is 328 g/mol. The van der Waals surface area contributed by atoms with Crippen LogP contribution in [0.1, 0.15) is 11.3 Å². The molecule has 0 saturated carbocycles. The van der Waals surface area contributed by atoms with Gasteiger partial charge in [0.25, 0.3) is 5.56 Å². The van der Waals surface area contributed by atoms with E-state index in [1.54, 1.807) is 24.4 Å². The van der Waals surface area contributed by atoms with Crippen molar-refractivity contribution in [3.8, 4) is 17.2 Å². The molecule has 2 N–H and O–H groups in total. The number of nitrogens with one attached hydrogen (secondary N) is 1. The maximum atomic E-state index is 11.9. The number of H-pyrrole nitrogens is 1. The molecule has 0 amide bonds. The summed E-state index contributed by atoms with van der Waals surface area (Å²) in [5, 5.41) is 11.2. The summed E-state index contributed by atoms with van der Waals surface area (Å²) >= 11 is 0. The fourth-order valence-electron chi connectivity index (χ4n) is 2.86. The van der Waals surface area contributed by atoms with Crippen LogP contribution in [0.15, 0.2) is 80.9 Å². The fraction of sp³-hybridized carbons (Fsp3) is 0.0476. The van der Waals surface area contributed by atoms with Gasteiger partial charge in [-0.05, 0) is 18.2 Å². The second-order valence-corrected chi connectivity index (χ2v) is 5.86. The van der Waals surface area contributed by atoms with Gasteiger partial charge in [-0.2, -0.15) is 0 Å². The Labute approximate surface area is 149 Å². The molecule has 0 radical (unpaired) electrons. The Bertz CT molecular complexity index is 1140. The van der Waals surface area contributed by atoms with Gasteiger partial charge in [0.05, 0.1) is 12.1 Å². The highest BCUT2D eigenvalue weighted by molar-refractivity contribution is 6.01. The van der Waals surface area contributed by atoms with Crippen LogP contribution in [0.5, 0.6) is 5.88 Å². The highest BCUT2D eigenvalue weighted by atomic mass is 16.3. The molecule has 0 aliphatic carbocycles. The lowest BCUT2D eigenvalue weighted by atomic mass is 10.1. The van der Waals surface area contributed by atoms with E-state index in [2.05, 4.69) is 9.98 Å². The molecule has 0 spiro atoms. The largest absolute Gasteiger partial charge is 0.494 e. The molecule has 0 saturated heterocycles. The van der Waals surface area contributed by atoms with E-state index in [0.29, 0.717) is 28.6 Å². The molecule has 0 atom stereocenters. The molecule has 2 aromatic carbocycles. The third-order valence-electron chi connectivity index (χ3n) is 4.14. The zero-order chi connectivity index (χ0) is 17.9. The maximum absolute atomic E-state index is 11.9. The Kier molecular flexibility index (Phi) is 4.11. The first-order chi connectivity index (χ1) is 12.7. The lowest BCUT2D eigenvalue weighted by Gasteiger charge is -2.03. The standard InChI is InChI=1S/C21H16N2O3/c24-20-17-9-5-4-8-16(17)18(21(25)23-20)13-22-12-15-10-11-19(26-15)14-6-2-1-3-7-14/h1-11,13H,12H2,(H2,23,24,25). The molecule has 0 unspecified atom stereocenters. The first kappa shape index (κ1) is 15.9. The third-order valence-corrected chi connectivity index (χ3v) is 4.14. The van der Waals surface area contributed by atoms with E-state index in [0.717, 1.165) is 11.3 Å². The summed E-state index contributed by atoms with van der Waals surface area (Å²) in [6.07, 6.45) is 1.55. The Morgan fingerprint density at radius 1 is 0.962 bits per heavy atom. The number of fused-ring (bicyclic) bond motifs is 1. The number of aromatic amines is 1. The number of pyridine rings is 1. The summed E-state index contributed by atoms with van der Waals surface area (Å²) in [6, 6.07) is 20.7. The molecule has 0 bridgehead atoms. The van der Waals surface area contributed by atoms with Gasteiger partial charge in [-0.25, -0.2) is 0 Å². The first-order valence-electron chi connectivity index (χ1n) is 8.20. The van der Waals surface area contributed by atoms with Gasteiger partial charge in [-0.1, -0.05) is 48.5 Å². The number of aliphatic imine (C=N–C) groups is 1. The molecule has 5 heteroatoms. The van der Waals surface area contributed by atoms with Crippen LogP contribution in [0, 0.1) is 0 Å². The number of rotatable bonds is 4. The van der Waals surface area contributed by atoms with Gasteiger partial charge in [0.2, 0.25) is 5.88 Å². The quantitative estimate of drug-likeness (QED) is 0.547. The second kappa shape index (κ2) is 6.72. The summed E-state index contributed by atoms with van der Waals surface area (Å²) in [7, 11) is 0. The number of nitrogens with zero attached hydrogens (tertiary/aromatic N) is 1. The molecule has 2 heterocycles. The average Bonchev–Trinajstić information content (AvgIpc) is 3.14. The van der Waals surface area contributed by atoms with Crippen molar-refractivity contribution >= 4 is 17.0 Å². The lowest BCUT2D eigenvalue weighted by molar-refractivity contribution is 0.452. The molecule has 5 nitrogen and oxygen atoms in total. The summed E-state index contributed by atoms with van der Waals surface area (Å²) in [6.45, 7) is 0.333. The predicted octanol–water partition coefficient (Wildman–Crippen LogP) is 4.11. The fourth-order valence-corrected chi connectivity index (χ4v) is 2.86. The molecule has 0 aliphatic rings. The van der Waals surface area contributed by atoms with Crippen molar-refractivity contribution < 1.29 is 9.52 Å². The first-order valence-corrected chi connectivity index (χ1v) is 8.20. The summed E-state index contributed by atoms with van der Waals surface area (Å²) in [4.78, 5) is 18.7. The monoisotopic (exact) mass is 344 g/mol. The summed E-state index contributed by atoms with van der Waals surface area (Å²) in [5.41, 5.74) is 1.16. The van der Waals surface area contributed by atoms with Gasteiger partial charge < -0.3 is 9.52 Å². The van der Waals surface area contributed by atoms with E-state index >= 15 is 0 Å². The van der Waals surface area contributed by atoms with Crippen molar-refractivity contribution in [2.24, 2.45) is 4.99 Å². The normalized spacial score (nSPS) is 11.4. The van der Waals surface area contributed by atoms with Gasteiger partial charge in [0.15, 0.2) is 0 Å². The van der Waals surface area contributed by atoms with Gasteiger partial charge in [0.1, 0.15) is 11.5 Å². The van der Waals surface area contributed by atoms with E-state index in [-0.39, 0.29) is 11.4 Å². The van der Waals surface area contributed by atoms with E-state index in [1.165, 1.54) is 0 Å². The zero-order valence-corrected chi connectivity index (χ0v) is 13.8. The van der Waals surface area contributed by atoms with Gasteiger partial charge in [-0.3, -0.25) is 14.8 Å². The van der Waals surface area contributed by atoms with E-state index in [9.17, 15) is 9.90 Å². The number of aromatic nitrogens is 1. The van der Waals surface area contributed by atoms with Crippen molar-refractivity contribution in [2.75, 3.05) is 0 Å². The van der Waals surface area contributed by atoms with Crippen LogP contribution in [-0.2, 0) is 6.54 Å². The van der Waals surface area contributed by atoms with Crippen LogP contribution in [-0.4, -0.2) is 16.3 Å². The SMILES string of the molecule is O=c1[nH]c(O)c(C=NCc2ccc(-c3ccccc3)o2)c2ccccc12. The zero-order valence-electron chi connectivity index (χ0n) is 13.8. The third kappa shape index (κ3) is 3.02. The minimum atomic E-state index is -0.325. The topological polar surface area (TPSA) is 78.6 Å². The smallest absolute Gasteiger partial charge is 0.258 e. The molecule has 0 fully saturated rings. The van der Waals surface area contributed by atoms with Crippen LogP contribution in [0.25, 0.3) is 22.1 Å². The molecule has 26 heavy (non-hydrogen) atoms. The highest BCUT2D eigenvalue weighted by Gasteiger charge is 2.09. The van der Waals surface area contributed by atoms with Gasteiger partial charge in [-0.15, -0.1) is 0 Å². The molecular formula is C21H16N2O3. The Morgan fingerprint density at radius 2 is 1.69 bits per heavy atom. The highest BCUT2D eigenvalue weighted by Crippen LogP contribution is 2.23. The van der Waals surface area contributed by atoms with Crippen molar-refractivity contribution in [3.05, 3.63) is 88.4 Å². The minimum absolute atomic E-state index is 0.193. The van der Waals surface area contributed by atoms with E-state index in [4.69, 9.17) is 4.42 Å². The molecule has 4 aromatic rings.